The van der Waals surface area contributed by atoms with E-state index in [4.69, 9.17) is 0 Å². The van der Waals surface area contributed by atoms with Crippen LogP contribution in [0.25, 0.3) is 85.9 Å². The molecule has 2 heteroatoms. The van der Waals surface area contributed by atoms with Crippen LogP contribution >= 0.6 is 11.3 Å². The van der Waals surface area contributed by atoms with Gasteiger partial charge in [-0.1, -0.05) is 158 Å². The lowest BCUT2D eigenvalue weighted by Gasteiger charge is -2.30. The van der Waals surface area contributed by atoms with E-state index in [0.717, 1.165) is 17.1 Å². The highest BCUT2D eigenvalue weighted by atomic mass is 32.1. The fraction of sp³-hybridized carbons (Fsp3) is 0. The van der Waals surface area contributed by atoms with Crippen molar-refractivity contribution >= 4 is 80.9 Å². The molecule has 0 aliphatic heterocycles. The van der Waals surface area contributed by atoms with Gasteiger partial charge in [0.15, 0.2) is 0 Å². The standard InChI is InChI=1S/C54H35NS/c1-3-14-36(15-4-1)37-26-29-44(30-27-37)55(49-24-13-25-51-54(49)53-45-23-12-11-18-39(45)28-31-52(53)56-51)50-35-43-22-10-9-21-42(43)34-48(50)47-33-41-20-8-7-19-40(41)32-46(47)38-16-5-2-6-17-38/h1-35H. The summed E-state index contributed by atoms with van der Waals surface area (Å²) in [5, 5.41) is 9.98. The number of fused-ring (bicyclic) bond motifs is 7. The molecule has 1 nitrogen and oxygen atoms in total. The molecule has 0 aliphatic rings. The van der Waals surface area contributed by atoms with Crippen LogP contribution in [-0.4, -0.2) is 0 Å². The lowest BCUT2D eigenvalue weighted by Crippen LogP contribution is -2.12. The highest BCUT2D eigenvalue weighted by Crippen LogP contribution is 2.51. The summed E-state index contributed by atoms with van der Waals surface area (Å²) in [6.07, 6.45) is 0. The Morgan fingerprint density at radius 1 is 0.304 bits per heavy atom. The molecule has 0 saturated carbocycles. The van der Waals surface area contributed by atoms with Crippen molar-refractivity contribution in [2.24, 2.45) is 0 Å². The van der Waals surface area contributed by atoms with Crippen LogP contribution in [0.4, 0.5) is 17.1 Å². The Hall–Kier alpha value is -7.00. The maximum atomic E-state index is 2.52. The summed E-state index contributed by atoms with van der Waals surface area (Å²) in [5.74, 6) is 0. The molecule has 11 aromatic rings. The van der Waals surface area contributed by atoms with Crippen molar-refractivity contribution in [3.05, 3.63) is 212 Å². The quantitative estimate of drug-likeness (QED) is 0.165. The van der Waals surface area contributed by atoms with Crippen molar-refractivity contribution in [3.63, 3.8) is 0 Å². The number of anilines is 3. The molecule has 0 spiro atoms. The van der Waals surface area contributed by atoms with Crippen molar-refractivity contribution in [1.29, 1.82) is 0 Å². The highest BCUT2D eigenvalue weighted by molar-refractivity contribution is 7.26. The molecule has 11 rings (SSSR count). The zero-order chi connectivity index (χ0) is 37.0. The predicted octanol–water partition coefficient (Wildman–Crippen LogP) is 16.0. The van der Waals surface area contributed by atoms with E-state index in [0.29, 0.717) is 0 Å². The first-order chi connectivity index (χ1) is 27.8. The van der Waals surface area contributed by atoms with Gasteiger partial charge in [-0.2, -0.15) is 0 Å². The number of rotatable bonds is 6. The lowest BCUT2D eigenvalue weighted by molar-refractivity contribution is 1.31. The van der Waals surface area contributed by atoms with Crippen LogP contribution in [-0.2, 0) is 0 Å². The topological polar surface area (TPSA) is 3.24 Å². The third-order valence-electron chi connectivity index (χ3n) is 11.2. The summed E-state index contributed by atoms with van der Waals surface area (Å²) >= 11 is 1.88. The SMILES string of the molecule is c1ccc(-c2ccc(N(c3cc4ccccc4cc3-c3cc4ccccc4cc3-c3ccccc3)c3cccc4sc5ccc6ccccc6c5c34)cc2)cc1. The molecule has 0 fully saturated rings. The normalized spacial score (nSPS) is 11.6. The van der Waals surface area contributed by atoms with Crippen molar-refractivity contribution in [2.45, 2.75) is 0 Å². The van der Waals surface area contributed by atoms with Gasteiger partial charge in [-0.15, -0.1) is 11.3 Å². The van der Waals surface area contributed by atoms with Crippen LogP contribution in [0.2, 0.25) is 0 Å². The molecule has 0 N–H and O–H groups in total. The van der Waals surface area contributed by atoms with Crippen LogP contribution in [0.1, 0.15) is 0 Å². The van der Waals surface area contributed by atoms with Crippen LogP contribution in [0.5, 0.6) is 0 Å². The van der Waals surface area contributed by atoms with Crippen LogP contribution < -0.4 is 4.90 Å². The zero-order valence-electron chi connectivity index (χ0n) is 30.6. The van der Waals surface area contributed by atoms with Crippen LogP contribution in [0.15, 0.2) is 212 Å². The fourth-order valence-corrected chi connectivity index (χ4v) is 9.69. The second kappa shape index (κ2) is 13.4. The summed E-state index contributed by atoms with van der Waals surface area (Å²) in [6, 6.07) is 77.9. The molecular formula is C54H35NS. The molecule has 0 radical (unpaired) electrons. The minimum Gasteiger partial charge on any atom is -0.309 e. The summed E-state index contributed by atoms with van der Waals surface area (Å²) in [4.78, 5) is 2.52. The minimum absolute atomic E-state index is 1.11. The van der Waals surface area contributed by atoms with E-state index >= 15 is 0 Å². The molecule has 1 heterocycles. The molecule has 0 aliphatic carbocycles. The Balaban J connectivity index is 1.26. The molecular weight excluding hydrogens is 695 g/mol. The number of nitrogens with zero attached hydrogens (tertiary/aromatic N) is 1. The van der Waals surface area contributed by atoms with Crippen molar-refractivity contribution in [3.8, 4) is 33.4 Å². The van der Waals surface area contributed by atoms with E-state index in [2.05, 4.69) is 217 Å². The Bertz CT molecular complexity index is 3230. The van der Waals surface area contributed by atoms with Crippen molar-refractivity contribution in [2.75, 3.05) is 4.90 Å². The largest absolute Gasteiger partial charge is 0.309 e. The van der Waals surface area contributed by atoms with E-state index in [9.17, 15) is 0 Å². The van der Waals surface area contributed by atoms with E-state index in [1.54, 1.807) is 0 Å². The zero-order valence-corrected chi connectivity index (χ0v) is 31.4. The molecule has 0 saturated heterocycles. The maximum Gasteiger partial charge on any atom is 0.0555 e. The fourth-order valence-electron chi connectivity index (χ4n) is 8.55. The second-order valence-corrected chi connectivity index (χ2v) is 15.6. The smallest absolute Gasteiger partial charge is 0.0555 e. The van der Waals surface area contributed by atoms with Gasteiger partial charge in [-0.25, -0.2) is 0 Å². The Labute approximate surface area is 330 Å². The Morgan fingerprint density at radius 2 is 0.839 bits per heavy atom. The summed E-state index contributed by atoms with van der Waals surface area (Å²) < 4.78 is 2.57. The van der Waals surface area contributed by atoms with Gasteiger partial charge in [0.2, 0.25) is 0 Å². The van der Waals surface area contributed by atoms with E-state index in [-0.39, 0.29) is 0 Å². The molecule has 0 unspecified atom stereocenters. The number of hydrogen-bond donors (Lipinski definition) is 0. The van der Waals surface area contributed by atoms with Gasteiger partial charge >= 0.3 is 0 Å². The first-order valence-corrected chi connectivity index (χ1v) is 20.0. The van der Waals surface area contributed by atoms with Crippen molar-refractivity contribution in [1.82, 2.24) is 0 Å². The first kappa shape index (κ1) is 32.4. The monoisotopic (exact) mass is 729 g/mol. The Kier molecular flexibility index (Phi) is 7.75. The first-order valence-electron chi connectivity index (χ1n) is 19.2. The van der Waals surface area contributed by atoms with Crippen LogP contribution in [0, 0.1) is 0 Å². The number of benzene rings is 10. The number of thiophene rings is 1. The summed E-state index contributed by atoms with van der Waals surface area (Å²) in [5.41, 5.74) is 10.6. The lowest BCUT2D eigenvalue weighted by atomic mass is 9.89. The van der Waals surface area contributed by atoms with E-state index in [1.165, 1.54) is 85.9 Å². The van der Waals surface area contributed by atoms with Gasteiger partial charge in [0.05, 0.1) is 11.4 Å². The third-order valence-corrected chi connectivity index (χ3v) is 12.3. The number of hydrogen-bond acceptors (Lipinski definition) is 2. The third kappa shape index (κ3) is 5.46. The second-order valence-electron chi connectivity index (χ2n) is 14.5. The summed E-state index contributed by atoms with van der Waals surface area (Å²) in [6.45, 7) is 0. The van der Waals surface area contributed by atoms with Gasteiger partial charge in [-0.3, -0.25) is 0 Å². The van der Waals surface area contributed by atoms with Crippen molar-refractivity contribution < 1.29 is 0 Å². The average molecular weight is 730 g/mol. The van der Waals surface area contributed by atoms with Gasteiger partial charge < -0.3 is 4.90 Å². The van der Waals surface area contributed by atoms with Gasteiger partial charge in [0.25, 0.3) is 0 Å². The molecule has 0 atom stereocenters. The van der Waals surface area contributed by atoms with Gasteiger partial charge in [0.1, 0.15) is 0 Å². The average Bonchev–Trinajstić information content (AvgIpc) is 3.67. The molecule has 1 aromatic heterocycles. The Morgan fingerprint density at radius 3 is 1.54 bits per heavy atom. The highest BCUT2D eigenvalue weighted by Gasteiger charge is 2.24. The maximum absolute atomic E-state index is 2.52. The van der Waals surface area contributed by atoms with Gasteiger partial charge in [-0.05, 0) is 115 Å². The molecule has 56 heavy (non-hydrogen) atoms. The molecule has 0 amide bonds. The molecule has 10 aromatic carbocycles. The van der Waals surface area contributed by atoms with E-state index in [1.807, 2.05) is 11.3 Å². The molecule has 0 bridgehead atoms. The predicted molar refractivity (Wildman–Crippen MR) is 243 cm³/mol. The molecule has 262 valence electrons. The minimum atomic E-state index is 1.11. The van der Waals surface area contributed by atoms with E-state index < -0.39 is 0 Å². The van der Waals surface area contributed by atoms with Crippen LogP contribution in [0.3, 0.4) is 0 Å². The van der Waals surface area contributed by atoms with Gasteiger partial charge in [0, 0.05) is 31.4 Å². The summed E-state index contributed by atoms with van der Waals surface area (Å²) in [7, 11) is 0.